The Kier molecular flexibility index (Phi) is 3.30. The third kappa shape index (κ3) is 2.41. The third-order valence-electron chi connectivity index (χ3n) is 3.01. The van der Waals surface area contributed by atoms with Gasteiger partial charge in [0.05, 0.1) is 11.8 Å². The van der Waals surface area contributed by atoms with Crippen molar-refractivity contribution in [3.63, 3.8) is 0 Å². The SMILES string of the molecule is O=c1[nH]c(O)cn1S(=O)(=O)c1sc2ccccc2c1C(F)(F)F. The van der Waals surface area contributed by atoms with E-state index in [4.69, 9.17) is 5.11 Å². The summed E-state index contributed by atoms with van der Waals surface area (Å²) in [5, 5.41) is 8.89. The number of imidazole rings is 1. The molecule has 2 aromatic heterocycles. The van der Waals surface area contributed by atoms with Crippen LogP contribution in [0.1, 0.15) is 5.56 Å². The Morgan fingerprint density at radius 1 is 1.22 bits per heavy atom. The van der Waals surface area contributed by atoms with E-state index >= 15 is 0 Å². The molecule has 0 atom stereocenters. The second-order valence-electron chi connectivity index (χ2n) is 4.50. The zero-order chi connectivity index (χ0) is 17.0. The van der Waals surface area contributed by atoms with Crippen molar-refractivity contribution in [2.75, 3.05) is 0 Å². The van der Waals surface area contributed by atoms with Crippen LogP contribution in [-0.4, -0.2) is 22.5 Å². The highest BCUT2D eigenvalue weighted by atomic mass is 32.2. The number of hydrogen-bond donors (Lipinski definition) is 2. The van der Waals surface area contributed by atoms with E-state index in [0.29, 0.717) is 17.5 Å². The average molecular weight is 364 g/mol. The summed E-state index contributed by atoms with van der Waals surface area (Å²) in [6.45, 7) is 0. The molecule has 11 heteroatoms. The van der Waals surface area contributed by atoms with E-state index in [1.807, 2.05) is 0 Å². The van der Waals surface area contributed by atoms with E-state index in [-0.39, 0.29) is 14.1 Å². The van der Waals surface area contributed by atoms with Crippen LogP contribution < -0.4 is 5.69 Å². The molecule has 2 N–H and O–H groups in total. The first-order valence-electron chi connectivity index (χ1n) is 5.97. The third-order valence-corrected chi connectivity index (χ3v) is 6.32. The molecule has 0 fully saturated rings. The number of hydrogen-bond acceptors (Lipinski definition) is 5. The smallest absolute Gasteiger partial charge is 0.419 e. The number of H-pyrrole nitrogens is 1. The average Bonchev–Trinajstić information content (AvgIpc) is 2.98. The summed E-state index contributed by atoms with van der Waals surface area (Å²) in [6.07, 6.45) is -4.41. The molecule has 0 aliphatic rings. The van der Waals surface area contributed by atoms with Crippen LogP contribution in [0.4, 0.5) is 13.2 Å². The topological polar surface area (TPSA) is 92.2 Å². The summed E-state index contributed by atoms with van der Waals surface area (Å²) < 4.78 is 64.1. The van der Waals surface area contributed by atoms with E-state index < -0.39 is 37.5 Å². The summed E-state index contributed by atoms with van der Waals surface area (Å²) in [4.78, 5) is 13.3. The fourth-order valence-electron chi connectivity index (χ4n) is 2.11. The highest BCUT2D eigenvalue weighted by Crippen LogP contribution is 2.44. The second kappa shape index (κ2) is 4.86. The van der Waals surface area contributed by atoms with Gasteiger partial charge in [-0.1, -0.05) is 18.2 Å². The molecule has 0 spiro atoms. The minimum Gasteiger partial charge on any atom is -0.493 e. The van der Waals surface area contributed by atoms with Crippen LogP contribution >= 0.6 is 11.3 Å². The van der Waals surface area contributed by atoms with Gasteiger partial charge in [0.2, 0.25) is 5.88 Å². The zero-order valence-corrected chi connectivity index (χ0v) is 12.6. The lowest BCUT2D eigenvalue weighted by atomic mass is 10.2. The van der Waals surface area contributed by atoms with Gasteiger partial charge in [0.25, 0.3) is 10.0 Å². The first-order valence-corrected chi connectivity index (χ1v) is 8.23. The molecule has 0 amide bonds. The number of alkyl halides is 3. The molecule has 0 unspecified atom stereocenters. The number of nitrogens with one attached hydrogen (secondary N) is 1. The van der Waals surface area contributed by atoms with Crippen molar-refractivity contribution in [3.05, 3.63) is 46.5 Å². The van der Waals surface area contributed by atoms with Gasteiger partial charge >= 0.3 is 11.9 Å². The van der Waals surface area contributed by atoms with E-state index in [9.17, 15) is 26.4 Å². The first-order chi connectivity index (χ1) is 10.6. The Balaban J connectivity index is 2.40. The normalized spacial score (nSPS) is 12.8. The predicted molar refractivity (Wildman–Crippen MR) is 76.1 cm³/mol. The van der Waals surface area contributed by atoms with Gasteiger partial charge in [0.1, 0.15) is 0 Å². The summed E-state index contributed by atoms with van der Waals surface area (Å²) >= 11 is 0.407. The minimum atomic E-state index is -4.93. The molecule has 3 aromatic rings. The van der Waals surface area contributed by atoms with Crippen molar-refractivity contribution in [3.8, 4) is 5.88 Å². The predicted octanol–water partition coefficient (Wildman–Crippen LogP) is 2.35. The quantitative estimate of drug-likeness (QED) is 0.730. The molecule has 0 radical (unpaired) electrons. The Morgan fingerprint density at radius 3 is 2.43 bits per heavy atom. The molecule has 0 aliphatic carbocycles. The number of aromatic nitrogens is 2. The molecular weight excluding hydrogens is 357 g/mol. The van der Waals surface area contributed by atoms with E-state index in [2.05, 4.69) is 0 Å². The summed E-state index contributed by atoms with van der Waals surface area (Å²) in [5.41, 5.74) is -2.58. The van der Waals surface area contributed by atoms with Gasteiger partial charge in [-0.05, 0) is 6.07 Å². The van der Waals surface area contributed by atoms with E-state index in [1.165, 1.54) is 18.2 Å². The van der Waals surface area contributed by atoms with Crippen LogP contribution in [0, 0.1) is 0 Å². The molecule has 23 heavy (non-hydrogen) atoms. The van der Waals surface area contributed by atoms with Gasteiger partial charge in [-0.3, -0.25) is 4.98 Å². The van der Waals surface area contributed by atoms with Crippen LogP contribution in [0.25, 0.3) is 10.1 Å². The lowest BCUT2D eigenvalue weighted by Crippen LogP contribution is -2.25. The van der Waals surface area contributed by atoms with Crippen LogP contribution in [0.2, 0.25) is 0 Å². The Morgan fingerprint density at radius 2 is 1.87 bits per heavy atom. The Hall–Kier alpha value is -2.27. The minimum absolute atomic E-state index is 0.0439. The number of halogens is 3. The number of aromatic hydroxyl groups is 1. The lowest BCUT2D eigenvalue weighted by molar-refractivity contribution is -0.138. The lowest BCUT2D eigenvalue weighted by Gasteiger charge is -2.09. The fourth-order valence-corrected chi connectivity index (χ4v) is 5.16. The van der Waals surface area contributed by atoms with Crippen molar-refractivity contribution in [2.45, 2.75) is 10.4 Å². The van der Waals surface area contributed by atoms with Crippen molar-refractivity contribution in [1.82, 2.24) is 8.96 Å². The van der Waals surface area contributed by atoms with Crippen LogP contribution in [0.3, 0.4) is 0 Å². The number of thiophene rings is 1. The molecule has 0 aliphatic heterocycles. The number of fused-ring (bicyclic) bond motifs is 1. The van der Waals surface area contributed by atoms with Crippen molar-refractivity contribution >= 4 is 31.4 Å². The molecular formula is C12H7F3N2O4S2. The molecule has 0 saturated heterocycles. The van der Waals surface area contributed by atoms with Crippen LogP contribution in [0.15, 0.2) is 39.5 Å². The Labute approximate surface area is 130 Å². The maximum absolute atomic E-state index is 13.4. The Bertz CT molecular complexity index is 1060. The van der Waals surface area contributed by atoms with Crippen molar-refractivity contribution < 1.29 is 26.7 Å². The van der Waals surface area contributed by atoms with Gasteiger partial charge in [-0.15, -0.1) is 11.3 Å². The fraction of sp³-hybridized carbons (Fsp3) is 0.0833. The largest absolute Gasteiger partial charge is 0.493 e. The van der Waals surface area contributed by atoms with Gasteiger partial charge < -0.3 is 5.11 Å². The molecule has 2 heterocycles. The highest BCUT2D eigenvalue weighted by molar-refractivity contribution is 7.92. The standard InChI is InChI=1S/C12H7F3N2O4S2/c13-12(14,15)9-6-3-1-2-4-7(6)22-10(9)23(20,21)17-5-8(18)16-11(17)19/h1-5,18H,(H,16,19). The number of rotatable bonds is 2. The zero-order valence-electron chi connectivity index (χ0n) is 11.0. The van der Waals surface area contributed by atoms with Gasteiger partial charge in [0, 0.05) is 10.1 Å². The number of nitrogens with zero attached hydrogens (tertiary/aromatic N) is 1. The highest BCUT2D eigenvalue weighted by Gasteiger charge is 2.42. The molecule has 3 rings (SSSR count). The molecule has 1 aromatic carbocycles. The van der Waals surface area contributed by atoms with Gasteiger partial charge in [-0.25, -0.2) is 4.79 Å². The maximum Gasteiger partial charge on any atom is 0.419 e. The summed E-state index contributed by atoms with van der Waals surface area (Å²) in [6, 6.07) is 5.34. The van der Waals surface area contributed by atoms with Gasteiger partial charge in [-0.2, -0.15) is 25.6 Å². The molecule has 0 saturated carbocycles. The van der Waals surface area contributed by atoms with E-state index in [1.54, 1.807) is 4.98 Å². The van der Waals surface area contributed by atoms with E-state index in [0.717, 1.165) is 6.07 Å². The maximum atomic E-state index is 13.4. The monoisotopic (exact) mass is 364 g/mol. The first kappa shape index (κ1) is 15.6. The molecule has 122 valence electrons. The number of benzene rings is 1. The summed E-state index contributed by atoms with van der Waals surface area (Å²) in [7, 11) is -4.81. The van der Waals surface area contributed by atoms with Crippen molar-refractivity contribution in [1.29, 1.82) is 0 Å². The summed E-state index contributed by atoms with van der Waals surface area (Å²) in [5.74, 6) is -0.770. The second-order valence-corrected chi connectivity index (χ2v) is 7.57. The van der Waals surface area contributed by atoms with Crippen LogP contribution in [-0.2, 0) is 16.2 Å². The number of aromatic amines is 1. The molecule has 6 nitrogen and oxygen atoms in total. The molecule has 0 bridgehead atoms. The van der Waals surface area contributed by atoms with Crippen molar-refractivity contribution in [2.24, 2.45) is 0 Å². The van der Waals surface area contributed by atoms with Gasteiger partial charge in [0.15, 0.2) is 4.21 Å². The van der Waals surface area contributed by atoms with Crippen LogP contribution in [0.5, 0.6) is 5.88 Å².